The van der Waals surface area contributed by atoms with Crippen LogP contribution in [0.5, 0.6) is 0 Å². The summed E-state index contributed by atoms with van der Waals surface area (Å²) < 4.78 is 0. The molecular weight excluding hydrogens is 244 g/mol. The molecule has 0 unspecified atom stereocenters. The lowest BCUT2D eigenvalue weighted by molar-refractivity contribution is 0.977. The molecule has 1 aromatic heterocycles. The zero-order valence-electron chi connectivity index (χ0n) is 10.7. The first-order valence-corrected chi connectivity index (χ1v) is 6.71. The van der Waals surface area contributed by atoms with Crippen molar-refractivity contribution >= 4 is 17.6 Å². The second-order valence-corrected chi connectivity index (χ2v) is 5.75. The Balaban J connectivity index is 2.28. The summed E-state index contributed by atoms with van der Waals surface area (Å²) >= 11 is 1.84. The molecule has 1 N–H and O–H groups in total. The summed E-state index contributed by atoms with van der Waals surface area (Å²) in [5, 5.41) is 11.6. The summed E-state index contributed by atoms with van der Waals surface area (Å²) in [6.07, 6.45) is 1.44. The van der Waals surface area contributed by atoms with E-state index in [-0.39, 0.29) is 0 Å². The minimum Gasteiger partial charge on any atom is -0.371 e. The fraction of sp³-hybridized carbons (Fsp3) is 0.308. The van der Waals surface area contributed by atoms with Gasteiger partial charge in [-0.05, 0) is 12.1 Å². The number of benzene rings is 1. The van der Waals surface area contributed by atoms with E-state index < -0.39 is 0 Å². The Morgan fingerprint density at radius 3 is 2.50 bits per heavy atom. The second-order valence-electron chi connectivity index (χ2n) is 4.10. The van der Waals surface area contributed by atoms with Crippen molar-refractivity contribution in [2.45, 2.75) is 24.0 Å². The highest BCUT2D eigenvalue weighted by Gasteiger charge is 2.07. The van der Waals surface area contributed by atoms with Crippen molar-refractivity contribution in [2.24, 2.45) is 0 Å². The van der Waals surface area contributed by atoms with Crippen LogP contribution in [0, 0.1) is 0 Å². The molecule has 0 aliphatic heterocycles. The van der Waals surface area contributed by atoms with Crippen molar-refractivity contribution in [1.82, 2.24) is 15.2 Å². The Hall–Kier alpha value is -1.62. The molecule has 0 amide bonds. The fourth-order valence-corrected chi connectivity index (χ4v) is 2.45. The molecule has 0 saturated heterocycles. The third kappa shape index (κ3) is 2.98. The van der Waals surface area contributed by atoms with Crippen LogP contribution in [0.2, 0.25) is 0 Å². The third-order valence-corrected chi connectivity index (χ3v) is 3.37. The summed E-state index contributed by atoms with van der Waals surface area (Å²) in [4.78, 5) is 5.42. The van der Waals surface area contributed by atoms with E-state index >= 15 is 0 Å². The molecule has 0 radical (unpaired) electrons. The van der Waals surface area contributed by atoms with Gasteiger partial charge < -0.3 is 5.32 Å². The van der Waals surface area contributed by atoms with Crippen molar-refractivity contribution < 1.29 is 0 Å². The van der Waals surface area contributed by atoms with Crippen LogP contribution in [0.15, 0.2) is 35.5 Å². The molecule has 94 valence electrons. The van der Waals surface area contributed by atoms with Gasteiger partial charge in [-0.3, -0.25) is 0 Å². The molecule has 2 aromatic rings. The maximum atomic E-state index is 4.15. The van der Waals surface area contributed by atoms with E-state index in [1.54, 1.807) is 0 Å². The molecule has 1 heterocycles. The Labute approximate surface area is 111 Å². The second kappa shape index (κ2) is 5.82. The highest BCUT2D eigenvalue weighted by Crippen LogP contribution is 2.27. The summed E-state index contributed by atoms with van der Waals surface area (Å²) in [6, 6.07) is 8.32. The minimum atomic E-state index is 0.585. The molecule has 2 rings (SSSR count). The van der Waals surface area contributed by atoms with Crippen molar-refractivity contribution in [3.63, 3.8) is 0 Å². The van der Waals surface area contributed by atoms with Gasteiger partial charge in [-0.25, -0.2) is 4.98 Å². The molecule has 0 fully saturated rings. The number of hydrogen-bond donors (Lipinski definition) is 1. The number of nitrogens with zero attached hydrogens (tertiary/aromatic N) is 3. The van der Waals surface area contributed by atoms with Crippen molar-refractivity contribution in [3.8, 4) is 11.3 Å². The van der Waals surface area contributed by atoms with Gasteiger partial charge in [0.25, 0.3) is 0 Å². The molecule has 0 saturated carbocycles. The normalized spacial score (nSPS) is 10.7. The smallest absolute Gasteiger partial charge is 0.156 e. The van der Waals surface area contributed by atoms with Gasteiger partial charge in [-0.1, -0.05) is 26.0 Å². The fourth-order valence-electron chi connectivity index (χ4n) is 1.62. The Kier molecular flexibility index (Phi) is 4.15. The van der Waals surface area contributed by atoms with Crippen LogP contribution in [0.4, 0.5) is 5.82 Å². The predicted molar refractivity (Wildman–Crippen MR) is 75.8 cm³/mol. The lowest BCUT2D eigenvalue weighted by atomic mass is 10.1. The van der Waals surface area contributed by atoms with Gasteiger partial charge in [0.1, 0.15) is 12.0 Å². The van der Waals surface area contributed by atoms with Gasteiger partial charge >= 0.3 is 0 Å². The molecule has 4 nitrogen and oxygen atoms in total. The van der Waals surface area contributed by atoms with E-state index in [0.717, 1.165) is 17.1 Å². The summed E-state index contributed by atoms with van der Waals surface area (Å²) in [7, 11) is 1.83. The molecule has 18 heavy (non-hydrogen) atoms. The topological polar surface area (TPSA) is 50.7 Å². The highest BCUT2D eigenvalue weighted by atomic mass is 32.2. The van der Waals surface area contributed by atoms with E-state index in [4.69, 9.17) is 0 Å². The number of nitrogens with one attached hydrogen (secondary N) is 1. The maximum absolute atomic E-state index is 4.15. The number of aromatic nitrogens is 3. The van der Waals surface area contributed by atoms with Gasteiger partial charge in [-0.2, -0.15) is 0 Å². The SMILES string of the molecule is CNc1ncnnc1-c1ccc(SC(C)C)cc1. The van der Waals surface area contributed by atoms with Gasteiger partial charge in [0.2, 0.25) is 0 Å². The summed E-state index contributed by atoms with van der Waals surface area (Å²) in [5.74, 6) is 0.745. The van der Waals surface area contributed by atoms with Crippen LogP contribution in [-0.4, -0.2) is 27.5 Å². The van der Waals surface area contributed by atoms with Gasteiger partial charge in [-0.15, -0.1) is 22.0 Å². The quantitative estimate of drug-likeness (QED) is 0.856. The molecule has 0 bridgehead atoms. The maximum Gasteiger partial charge on any atom is 0.156 e. The lowest BCUT2D eigenvalue weighted by Gasteiger charge is -2.07. The Morgan fingerprint density at radius 1 is 1.17 bits per heavy atom. The standard InChI is InChI=1S/C13H16N4S/c1-9(2)18-11-6-4-10(5-7-11)12-13(14-3)15-8-16-17-12/h4-9H,1-3H3,(H,14,15,16). The van der Waals surface area contributed by atoms with Crippen molar-refractivity contribution in [2.75, 3.05) is 12.4 Å². The molecule has 0 atom stereocenters. The van der Waals surface area contributed by atoms with Crippen LogP contribution in [0.3, 0.4) is 0 Å². The highest BCUT2D eigenvalue weighted by molar-refractivity contribution is 7.99. The zero-order valence-corrected chi connectivity index (χ0v) is 11.5. The van der Waals surface area contributed by atoms with Crippen LogP contribution >= 0.6 is 11.8 Å². The lowest BCUT2D eigenvalue weighted by Crippen LogP contribution is -1.99. The van der Waals surface area contributed by atoms with E-state index in [1.807, 2.05) is 18.8 Å². The Bertz CT molecular complexity index is 511. The van der Waals surface area contributed by atoms with Crippen molar-refractivity contribution in [1.29, 1.82) is 0 Å². The van der Waals surface area contributed by atoms with E-state index in [9.17, 15) is 0 Å². The zero-order chi connectivity index (χ0) is 13.0. The average molecular weight is 260 g/mol. The van der Waals surface area contributed by atoms with E-state index in [1.165, 1.54) is 11.2 Å². The summed E-state index contributed by atoms with van der Waals surface area (Å²) in [5.41, 5.74) is 1.80. The first-order chi connectivity index (χ1) is 8.70. The largest absolute Gasteiger partial charge is 0.371 e. The first-order valence-electron chi connectivity index (χ1n) is 5.83. The molecule has 0 aliphatic rings. The monoisotopic (exact) mass is 260 g/mol. The third-order valence-electron chi connectivity index (χ3n) is 2.36. The number of anilines is 1. The number of rotatable bonds is 4. The Morgan fingerprint density at radius 2 is 1.89 bits per heavy atom. The van der Waals surface area contributed by atoms with Crippen molar-refractivity contribution in [3.05, 3.63) is 30.6 Å². The van der Waals surface area contributed by atoms with E-state index in [0.29, 0.717) is 5.25 Å². The van der Waals surface area contributed by atoms with E-state index in [2.05, 4.69) is 58.6 Å². The van der Waals surface area contributed by atoms with Gasteiger partial charge in [0.05, 0.1) is 0 Å². The minimum absolute atomic E-state index is 0.585. The van der Waals surface area contributed by atoms with Crippen LogP contribution in [0.1, 0.15) is 13.8 Å². The number of hydrogen-bond acceptors (Lipinski definition) is 5. The average Bonchev–Trinajstić information content (AvgIpc) is 2.39. The molecular formula is C13H16N4S. The molecule has 5 heteroatoms. The number of thioether (sulfide) groups is 1. The predicted octanol–water partition coefficient (Wildman–Crippen LogP) is 3.08. The first kappa shape index (κ1) is 12.8. The molecule has 0 spiro atoms. The van der Waals surface area contributed by atoms with Crippen LogP contribution in [0.25, 0.3) is 11.3 Å². The van der Waals surface area contributed by atoms with Crippen LogP contribution in [-0.2, 0) is 0 Å². The summed E-state index contributed by atoms with van der Waals surface area (Å²) in [6.45, 7) is 4.37. The van der Waals surface area contributed by atoms with Gasteiger partial charge in [0, 0.05) is 22.8 Å². The van der Waals surface area contributed by atoms with Crippen LogP contribution < -0.4 is 5.32 Å². The molecule has 1 aromatic carbocycles. The molecule has 0 aliphatic carbocycles. The van der Waals surface area contributed by atoms with Gasteiger partial charge in [0.15, 0.2) is 5.82 Å².